The second kappa shape index (κ2) is 11.1. The zero-order valence-electron chi connectivity index (χ0n) is 21.9. The number of aryl methyl sites for hydroxylation is 3. The molecule has 1 fully saturated rings. The number of imidazole rings is 1. The smallest absolute Gasteiger partial charge is 0.221 e. The molecule has 1 N–H and O–H groups in total. The molecule has 4 aromatic rings. The lowest BCUT2D eigenvalue weighted by Gasteiger charge is -2.32. The van der Waals surface area contributed by atoms with Crippen molar-refractivity contribution in [3.8, 4) is 11.4 Å². The molecule has 0 radical (unpaired) electrons. The summed E-state index contributed by atoms with van der Waals surface area (Å²) in [5.74, 6) is 1.53. The highest BCUT2D eigenvalue weighted by Gasteiger charge is 2.21. The van der Waals surface area contributed by atoms with Gasteiger partial charge in [0.15, 0.2) is 0 Å². The van der Waals surface area contributed by atoms with Crippen LogP contribution in [-0.4, -0.2) is 40.0 Å². The van der Waals surface area contributed by atoms with Crippen molar-refractivity contribution in [2.45, 2.75) is 52.5 Å². The van der Waals surface area contributed by atoms with Gasteiger partial charge in [-0.15, -0.1) is 0 Å². The van der Waals surface area contributed by atoms with Crippen LogP contribution in [0.3, 0.4) is 0 Å². The molecule has 0 bridgehead atoms. The molecule has 1 aliphatic heterocycles. The van der Waals surface area contributed by atoms with Crippen LogP contribution in [0.15, 0.2) is 60.7 Å². The van der Waals surface area contributed by atoms with Gasteiger partial charge in [0.25, 0.3) is 0 Å². The maximum Gasteiger partial charge on any atom is 0.221 e. The number of hydrogen-bond donors (Lipinski definition) is 1. The fourth-order valence-electron chi connectivity index (χ4n) is 5.63. The summed E-state index contributed by atoms with van der Waals surface area (Å²) in [5.41, 5.74) is 8.08. The number of carbonyl (C=O) groups excluding carboxylic acids is 1. The van der Waals surface area contributed by atoms with Gasteiger partial charge in [0.2, 0.25) is 5.91 Å². The summed E-state index contributed by atoms with van der Waals surface area (Å²) in [4.78, 5) is 19.1. The summed E-state index contributed by atoms with van der Waals surface area (Å²) in [6, 6.07) is 20.8. The predicted octanol–water partition coefficient (Wildman–Crippen LogP) is 7.20. The summed E-state index contributed by atoms with van der Waals surface area (Å²) < 4.78 is 2.39. The highest BCUT2D eigenvalue weighted by molar-refractivity contribution is 6.30. The second-order valence-corrected chi connectivity index (χ2v) is 10.8. The van der Waals surface area contributed by atoms with Crippen LogP contribution in [0.5, 0.6) is 0 Å². The number of nitrogens with zero attached hydrogens (tertiary/aromatic N) is 3. The van der Waals surface area contributed by atoms with Gasteiger partial charge in [0.1, 0.15) is 5.82 Å². The largest absolute Gasteiger partial charge is 0.326 e. The first-order valence-corrected chi connectivity index (χ1v) is 13.6. The molecule has 5 nitrogen and oxygen atoms in total. The van der Waals surface area contributed by atoms with Crippen LogP contribution in [0.25, 0.3) is 22.4 Å². The summed E-state index contributed by atoms with van der Waals surface area (Å²) in [5, 5.41) is 3.65. The number of piperidine rings is 1. The van der Waals surface area contributed by atoms with Crippen LogP contribution in [0.2, 0.25) is 5.02 Å². The molecule has 192 valence electrons. The number of likely N-dealkylation sites (tertiary alicyclic amines) is 1. The van der Waals surface area contributed by atoms with E-state index in [1.54, 1.807) is 6.92 Å². The molecule has 3 aromatic carbocycles. The highest BCUT2D eigenvalue weighted by atomic mass is 35.5. The minimum Gasteiger partial charge on any atom is -0.326 e. The van der Waals surface area contributed by atoms with Gasteiger partial charge < -0.3 is 14.8 Å². The van der Waals surface area contributed by atoms with Crippen molar-refractivity contribution in [1.82, 2.24) is 14.5 Å². The summed E-state index contributed by atoms with van der Waals surface area (Å²) in [6.07, 6.45) is 3.36. The van der Waals surface area contributed by atoms with E-state index in [9.17, 15) is 4.79 Å². The van der Waals surface area contributed by atoms with Gasteiger partial charge in [0.05, 0.1) is 11.0 Å². The number of carbonyl (C=O) groups is 1. The topological polar surface area (TPSA) is 50.2 Å². The van der Waals surface area contributed by atoms with Gasteiger partial charge in [-0.1, -0.05) is 29.8 Å². The van der Waals surface area contributed by atoms with E-state index in [1.807, 2.05) is 24.3 Å². The highest BCUT2D eigenvalue weighted by Crippen LogP contribution is 2.31. The molecule has 1 saturated heterocycles. The summed E-state index contributed by atoms with van der Waals surface area (Å²) in [6.45, 7) is 10.1. The van der Waals surface area contributed by atoms with E-state index in [2.05, 4.69) is 65.0 Å². The molecule has 0 unspecified atom stereocenters. The van der Waals surface area contributed by atoms with Crippen LogP contribution in [0.1, 0.15) is 48.8 Å². The monoisotopic (exact) mass is 514 g/mol. The zero-order chi connectivity index (χ0) is 25.9. The normalized spacial score (nSPS) is 14.8. The van der Waals surface area contributed by atoms with Gasteiger partial charge in [0, 0.05) is 29.7 Å². The quantitative estimate of drug-likeness (QED) is 0.283. The Morgan fingerprint density at radius 1 is 1.03 bits per heavy atom. The number of nitrogens with one attached hydrogen (secondary N) is 1. The molecular weight excluding hydrogens is 480 g/mol. The molecular formula is C31H35ClN4O. The lowest BCUT2D eigenvalue weighted by Crippen LogP contribution is -2.34. The van der Waals surface area contributed by atoms with E-state index in [0.717, 1.165) is 73.1 Å². The molecule has 6 heteroatoms. The maximum atomic E-state index is 11.4. The van der Waals surface area contributed by atoms with E-state index >= 15 is 0 Å². The Balaban J connectivity index is 1.25. The Morgan fingerprint density at radius 2 is 1.78 bits per heavy atom. The average molecular weight is 515 g/mol. The maximum absolute atomic E-state index is 11.4. The Kier molecular flexibility index (Phi) is 7.63. The Hall–Kier alpha value is -3.15. The van der Waals surface area contributed by atoms with E-state index in [-0.39, 0.29) is 5.91 Å². The van der Waals surface area contributed by atoms with Crippen LogP contribution in [0.4, 0.5) is 5.69 Å². The van der Waals surface area contributed by atoms with Crippen molar-refractivity contribution in [3.05, 3.63) is 82.4 Å². The first-order valence-electron chi connectivity index (χ1n) is 13.2. The zero-order valence-corrected chi connectivity index (χ0v) is 22.7. The van der Waals surface area contributed by atoms with Crippen LogP contribution in [0, 0.1) is 13.8 Å². The molecule has 0 saturated carbocycles. The fourth-order valence-corrected chi connectivity index (χ4v) is 5.76. The molecule has 1 aliphatic rings. The third kappa shape index (κ3) is 5.89. The molecule has 2 heterocycles. The van der Waals surface area contributed by atoms with E-state index in [4.69, 9.17) is 16.6 Å². The van der Waals surface area contributed by atoms with Crippen molar-refractivity contribution in [2.75, 3.05) is 25.0 Å². The number of anilines is 1. The van der Waals surface area contributed by atoms with Crippen molar-refractivity contribution >= 4 is 34.2 Å². The Morgan fingerprint density at radius 3 is 2.51 bits per heavy atom. The standard InChI is InChI=1S/C31H35ClN4O/c1-21-18-22(2)30-29(19-21)36(31(34-30)25-8-10-27(32)11-9-25)15-5-14-35-16-12-24(13-17-35)26-6-4-7-28(20-26)33-23(3)37/h4,6-11,18-20,24H,5,12-17H2,1-3H3,(H,33,37). The van der Waals surface area contributed by atoms with Crippen LogP contribution in [-0.2, 0) is 11.3 Å². The minimum atomic E-state index is -0.0258. The van der Waals surface area contributed by atoms with Crippen LogP contribution < -0.4 is 5.32 Å². The number of hydrogen-bond acceptors (Lipinski definition) is 3. The van der Waals surface area contributed by atoms with Gasteiger partial charge in [-0.05, 0) is 118 Å². The Labute approximate surface area is 224 Å². The molecule has 1 aromatic heterocycles. The van der Waals surface area contributed by atoms with Crippen molar-refractivity contribution in [3.63, 3.8) is 0 Å². The third-order valence-electron chi connectivity index (χ3n) is 7.41. The average Bonchev–Trinajstić information content (AvgIpc) is 3.23. The molecule has 0 aliphatic carbocycles. The fraction of sp³-hybridized carbons (Fsp3) is 0.355. The number of aromatic nitrogens is 2. The van der Waals surface area contributed by atoms with E-state index < -0.39 is 0 Å². The van der Waals surface area contributed by atoms with Crippen molar-refractivity contribution in [2.24, 2.45) is 0 Å². The lowest BCUT2D eigenvalue weighted by atomic mass is 9.89. The minimum absolute atomic E-state index is 0.0258. The number of fused-ring (bicyclic) bond motifs is 1. The Bertz CT molecular complexity index is 1400. The van der Waals surface area contributed by atoms with Gasteiger partial charge in [-0.3, -0.25) is 4.79 Å². The molecule has 0 atom stereocenters. The number of rotatable bonds is 7. The van der Waals surface area contributed by atoms with E-state index in [0.29, 0.717) is 5.92 Å². The molecule has 5 rings (SSSR count). The number of benzene rings is 3. The van der Waals surface area contributed by atoms with Crippen molar-refractivity contribution < 1.29 is 4.79 Å². The van der Waals surface area contributed by atoms with Crippen molar-refractivity contribution in [1.29, 1.82) is 0 Å². The molecule has 1 amide bonds. The molecule has 37 heavy (non-hydrogen) atoms. The number of halogens is 1. The van der Waals surface area contributed by atoms with Gasteiger partial charge in [-0.25, -0.2) is 4.98 Å². The molecule has 0 spiro atoms. The summed E-state index contributed by atoms with van der Waals surface area (Å²) in [7, 11) is 0. The second-order valence-electron chi connectivity index (χ2n) is 10.3. The lowest BCUT2D eigenvalue weighted by molar-refractivity contribution is -0.114. The first kappa shape index (κ1) is 25.5. The summed E-state index contributed by atoms with van der Waals surface area (Å²) >= 11 is 6.16. The third-order valence-corrected chi connectivity index (χ3v) is 7.67. The van der Waals surface area contributed by atoms with Crippen LogP contribution >= 0.6 is 11.6 Å². The van der Waals surface area contributed by atoms with E-state index in [1.165, 1.54) is 22.2 Å². The SMILES string of the molecule is CC(=O)Nc1cccc(C2CCN(CCCn3c(-c4ccc(Cl)cc4)nc4c(C)cc(C)cc43)CC2)c1. The van der Waals surface area contributed by atoms with Gasteiger partial charge >= 0.3 is 0 Å². The number of amides is 1. The van der Waals surface area contributed by atoms with Gasteiger partial charge in [-0.2, -0.15) is 0 Å². The predicted molar refractivity (Wildman–Crippen MR) is 153 cm³/mol. The first-order chi connectivity index (χ1) is 17.9.